The number of rotatable bonds is 2. The maximum absolute atomic E-state index is 4.44. The number of hydrogen-bond donors (Lipinski definition) is 1. The van der Waals surface area contributed by atoms with Gasteiger partial charge in [0.1, 0.15) is 5.82 Å². The fourth-order valence-electron chi connectivity index (χ4n) is 2.83. The Morgan fingerprint density at radius 3 is 2.94 bits per heavy atom. The van der Waals surface area contributed by atoms with E-state index in [1.54, 1.807) is 0 Å². The largest absolute Gasteiger partial charge is 0.316 e. The molecule has 1 N–H and O–H groups in total. The van der Waals surface area contributed by atoms with Crippen LogP contribution in [0.2, 0.25) is 0 Å². The van der Waals surface area contributed by atoms with Crippen LogP contribution in [-0.4, -0.2) is 27.7 Å². The highest BCUT2D eigenvalue weighted by Gasteiger charge is 2.42. The molecule has 2 aromatic rings. The summed E-state index contributed by atoms with van der Waals surface area (Å²) in [6.45, 7) is 6.62. The zero-order valence-corrected chi connectivity index (χ0v) is 10.3. The first-order chi connectivity index (χ1) is 8.24. The number of nitrogens with zero attached hydrogens (tertiary/aromatic N) is 3. The summed E-state index contributed by atoms with van der Waals surface area (Å²) in [5.74, 6) is 1.67. The average molecular weight is 230 g/mol. The van der Waals surface area contributed by atoms with Gasteiger partial charge in [0.15, 0.2) is 5.65 Å². The van der Waals surface area contributed by atoms with E-state index in [9.17, 15) is 0 Å². The van der Waals surface area contributed by atoms with Gasteiger partial charge in [0, 0.05) is 18.2 Å². The molecule has 0 saturated carbocycles. The van der Waals surface area contributed by atoms with Crippen molar-refractivity contribution in [3.8, 4) is 0 Å². The van der Waals surface area contributed by atoms with Crippen molar-refractivity contribution in [1.29, 1.82) is 0 Å². The maximum Gasteiger partial charge on any atom is 0.160 e. The number of pyridine rings is 1. The van der Waals surface area contributed by atoms with Gasteiger partial charge in [-0.1, -0.05) is 19.9 Å². The maximum atomic E-state index is 4.44. The van der Waals surface area contributed by atoms with Gasteiger partial charge in [-0.15, -0.1) is 10.2 Å². The van der Waals surface area contributed by atoms with Crippen molar-refractivity contribution in [3.05, 3.63) is 30.2 Å². The second kappa shape index (κ2) is 3.81. The Morgan fingerprint density at radius 1 is 1.35 bits per heavy atom. The van der Waals surface area contributed by atoms with Gasteiger partial charge in [-0.25, -0.2) is 0 Å². The molecule has 0 aromatic carbocycles. The van der Waals surface area contributed by atoms with Crippen LogP contribution in [0.4, 0.5) is 0 Å². The first-order valence-corrected chi connectivity index (χ1v) is 6.25. The third-order valence-corrected chi connectivity index (χ3v) is 4.05. The molecule has 17 heavy (non-hydrogen) atoms. The zero-order valence-electron chi connectivity index (χ0n) is 10.3. The van der Waals surface area contributed by atoms with E-state index in [1.807, 2.05) is 18.2 Å². The lowest BCUT2D eigenvalue weighted by Gasteiger charge is -2.30. The van der Waals surface area contributed by atoms with Crippen LogP contribution < -0.4 is 5.32 Å². The Morgan fingerprint density at radius 2 is 2.24 bits per heavy atom. The zero-order chi connectivity index (χ0) is 11.9. The molecule has 1 unspecified atom stereocenters. The summed E-state index contributed by atoms with van der Waals surface area (Å²) < 4.78 is 2.13. The fourth-order valence-corrected chi connectivity index (χ4v) is 2.83. The van der Waals surface area contributed by atoms with Gasteiger partial charge in [0.05, 0.1) is 0 Å². The molecule has 4 heteroatoms. The van der Waals surface area contributed by atoms with Crippen LogP contribution in [0.25, 0.3) is 5.65 Å². The SMILES string of the molecule is CC(C)C1(c2nnc3ccccn23)CCNC1. The molecule has 0 bridgehead atoms. The van der Waals surface area contributed by atoms with E-state index in [-0.39, 0.29) is 5.41 Å². The van der Waals surface area contributed by atoms with Crippen LogP contribution in [-0.2, 0) is 5.41 Å². The molecule has 2 aromatic heterocycles. The lowest BCUT2D eigenvalue weighted by Crippen LogP contribution is -2.36. The Balaban J connectivity index is 2.19. The summed E-state index contributed by atoms with van der Waals surface area (Å²) in [7, 11) is 0. The third-order valence-electron chi connectivity index (χ3n) is 4.05. The quantitative estimate of drug-likeness (QED) is 0.852. The van der Waals surface area contributed by atoms with E-state index < -0.39 is 0 Å². The van der Waals surface area contributed by atoms with Crippen molar-refractivity contribution >= 4 is 5.65 Å². The molecule has 1 aliphatic heterocycles. The van der Waals surface area contributed by atoms with E-state index in [1.165, 1.54) is 0 Å². The summed E-state index contributed by atoms with van der Waals surface area (Å²) in [5, 5.41) is 12.2. The molecule has 1 atom stereocenters. The highest BCUT2D eigenvalue weighted by molar-refractivity contribution is 5.39. The minimum absolute atomic E-state index is 0.126. The first kappa shape index (κ1) is 10.7. The molecule has 1 aliphatic rings. The molecule has 0 amide bonds. The van der Waals surface area contributed by atoms with E-state index in [2.05, 4.69) is 40.0 Å². The normalized spacial score (nSPS) is 24.9. The second-order valence-corrected chi connectivity index (χ2v) is 5.19. The molecular weight excluding hydrogens is 212 g/mol. The molecule has 90 valence electrons. The van der Waals surface area contributed by atoms with E-state index in [0.717, 1.165) is 31.0 Å². The highest BCUT2D eigenvalue weighted by atomic mass is 15.3. The summed E-state index contributed by atoms with van der Waals surface area (Å²) in [5.41, 5.74) is 1.07. The summed E-state index contributed by atoms with van der Waals surface area (Å²) in [4.78, 5) is 0. The van der Waals surface area contributed by atoms with Crippen molar-refractivity contribution < 1.29 is 0 Å². The summed E-state index contributed by atoms with van der Waals surface area (Å²) in [6, 6.07) is 6.05. The Kier molecular flexibility index (Phi) is 2.40. The number of aromatic nitrogens is 3. The van der Waals surface area contributed by atoms with Gasteiger partial charge >= 0.3 is 0 Å². The van der Waals surface area contributed by atoms with E-state index >= 15 is 0 Å². The minimum atomic E-state index is 0.126. The molecule has 0 radical (unpaired) electrons. The molecule has 1 saturated heterocycles. The Bertz CT molecular complexity index is 523. The molecule has 3 rings (SSSR count). The third kappa shape index (κ3) is 1.47. The predicted molar refractivity (Wildman–Crippen MR) is 67.0 cm³/mol. The standard InChI is InChI=1S/C13H18N4/c1-10(2)13(6-7-14-9-13)12-16-15-11-5-3-4-8-17(11)12/h3-5,8,10,14H,6-7,9H2,1-2H3. The van der Waals surface area contributed by atoms with Crippen LogP contribution in [0.3, 0.4) is 0 Å². The second-order valence-electron chi connectivity index (χ2n) is 5.19. The van der Waals surface area contributed by atoms with Crippen molar-refractivity contribution in [2.24, 2.45) is 5.92 Å². The molecular formula is C13H18N4. The van der Waals surface area contributed by atoms with Gasteiger partial charge in [0.2, 0.25) is 0 Å². The molecule has 3 heterocycles. The number of fused-ring (bicyclic) bond motifs is 1. The van der Waals surface area contributed by atoms with Crippen LogP contribution in [0, 0.1) is 5.92 Å². The van der Waals surface area contributed by atoms with E-state index in [0.29, 0.717) is 5.92 Å². The predicted octanol–water partition coefficient (Wildman–Crippen LogP) is 1.62. The average Bonchev–Trinajstić information content (AvgIpc) is 2.95. The van der Waals surface area contributed by atoms with E-state index in [4.69, 9.17) is 0 Å². The monoisotopic (exact) mass is 230 g/mol. The van der Waals surface area contributed by atoms with Crippen molar-refractivity contribution in [2.75, 3.05) is 13.1 Å². The fraction of sp³-hybridized carbons (Fsp3) is 0.538. The van der Waals surface area contributed by atoms with Crippen molar-refractivity contribution in [1.82, 2.24) is 19.9 Å². The first-order valence-electron chi connectivity index (χ1n) is 6.25. The van der Waals surface area contributed by atoms with Gasteiger partial charge < -0.3 is 5.32 Å². The molecule has 4 nitrogen and oxygen atoms in total. The van der Waals surface area contributed by atoms with Crippen LogP contribution in [0.1, 0.15) is 26.1 Å². The van der Waals surface area contributed by atoms with Crippen LogP contribution in [0.5, 0.6) is 0 Å². The van der Waals surface area contributed by atoms with Gasteiger partial charge in [0.25, 0.3) is 0 Å². The lowest BCUT2D eigenvalue weighted by molar-refractivity contribution is 0.315. The Hall–Kier alpha value is -1.42. The topological polar surface area (TPSA) is 42.2 Å². The Labute approximate surface area is 101 Å². The molecule has 1 fully saturated rings. The van der Waals surface area contributed by atoms with Crippen molar-refractivity contribution in [2.45, 2.75) is 25.7 Å². The summed E-state index contributed by atoms with van der Waals surface area (Å²) in [6.07, 6.45) is 3.20. The van der Waals surface area contributed by atoms with Crippen molar-refractivity contribution in [3.63, 3.8) is 0 Å². The summed E-state index contributed by atoms with van der Waals surface area (Å²) >= 11 is 0. The minimum Gasteiger partial charge on any atom is -0.316 e. The van der Waals surface area contributed by atoms with Crippen LogP contribution in [0.15, 0.2) is 24.4 Å². The van der Waals surface area contributed by atoms with Crippen LogP contribution >= 0.6 is 0 Å². The van der Waals surface area contributed by atoms with Gasteiger partial charge in [-0.2, -0.15) is 0 Å². The molecule has 0 spiro atoms. The highest BCUT2D eigenvalue weighted by Crippen LogP contribution is 2.36. The lowest BCUT2D eigenvalue weighted by atomic mass is 9.75. The smallest absolute Gasteiger partial charge is 0.160 e. The van der Waals surface area contributed by atoms with Gasteiger partial charge in [-0.05, 0) is 31.0 Å². The molecule has 0 aliphatic carbocycles. The number of hydrogen-bond acceptors (Lipinski definition) is 3. The van der Waals surface area contributed by atoms with Gasteiger partial charge in [-0.3, -0.25) is 4.40 Å². The number of nitrogens with one attached hydrogen (secondary N) is 1.